The lowest BCUT2D eigenvalue weighted by molar-refractivity contribution is 0.358. The summed E-state index contributed by atoms with van der Waals surface area (Å²) in [4.78, 5) is 0. The van der Waals surface area contributed by atoms with Crippen molar-refractivity contribution in [3.63, 3.8) is 0 Å². The van der Waals surface area contributed by atoms with Crippen molar-refractivity contribution in [2.75, 3.05) is 6.61 Å². The molecule has 0 unspecified atom stereocenters. The van der Waals surface area contributed by atoms with Gasteiger partial charge in [-0.2, -0.15) is 0 Å². The Balaban J connectivity index is 2.75. The smallest absolute Gasteiger partial charge is 0.122 e. The number of phenolic OH excluding ortho intramolecular Hbond substituents is 1. The van der Waals surface area contributed by atoms with Crippen LogP contribution in [0.3, 0.4) is 0 Å². The normalized spacial score (nSPS) is 9.30. The van der Waals surface area contributed by atoms with Gasteiger partial charge < -0.3 is 9.84 Å². The molecule has 1 aromatic carbocycles. The van der Waals surface area contributed by atoms with Crippen LogP contribution in [0.1, 0.15) is 0 Å². The number of ether oxygens (including phenoxy) is 1. The maximum atomic E-state index is 8.94. The van der Waals surface area contributed by atoms with Crippen LogP contribution in [0, 0.1) is 6.92 Å². The minimum absolute atomic E-state index is 0.214. The summed E-state index contributed by atoms with van der Waals surface area (Å²) in [6.07, 6.45) is 0. The molecule has 2 nitrogen and oxygen atoms in total. The Labute approximate surface area is 60.1 Å². The zero-order valence-corrected chi connectivity index (χ0v) is 5.58. The van der Waals surface area contributed by atoms with Crippen LogP contribution >= 0.6 is 0 Å². The second-order valence-electron chi connectivity index (χ2n) is 1.85. The fourth-order valence-corrected chi connectivity index (χ4v) is 0.691. The van der Waals surface area contributed by atoms with Gasteiger partial charge in [0.05, 0.1) is 6.61 Å². The fraction of sp³-hybridized carbons (Fsp3) is 0.125. The van der Waals surface area contributed by atoms with Crippen molar-refractivity contribution in [3.8, 4) is 11.5 Å². The number of benzene rings is 1. The molecule has 0 aliphatic rings. The second-order valence-corrected chi connectivity index (χ2v) is 1.85. The Bertz CT molecular complexity index is 208. The lowest BCUT2D eigenvalue weighted by Crippen LogP contribution is -1.90. The highest BCUT2D eigenvalue weighted by molar-refractivity contribution is 5.31. The SMILES string of the molecule is [CH2]COc1cccc(O)c1. The van der Waals surface area contributed by atoms with Gasteiger partial charge in [0, 0.05) is 6.07 Å². The highest BCUT2D eigenvalue weighted by atomic mass is 16.5. The molecule has 0 spiro atoms. The van der Waals surface area contributed by atoms with E-state index in [1.54, 1.807) is 24.3 Å². The third-order valence-corrected chi connectivity index (χ3v) is 1.09. The van der Waals surface area contributed by atoms with Crippen LogP contribution in [0.2, 0.25) is 0 Å². The minimum atomic E-state index is 0.214. The summed E-state index contributed by atoms with van der Waals surface area (Å²) >= 11 is 0. The third kappa shape index (κ3) is 1.65. The van der Waals surface area contributed by atoms with Crippen LogP contribution in [0.25, 0.3) is 0 Å². The first kappa shape index (κ1) is 6.93. The van der Waals surface area contributed by atoms with Crippen LogP contribution in [-0.4, -0.2) is 11.7 Å². The van der Waals surface area contributed by atoms with E-state index in [-0.39, 0.29) is 5.75 Å². The van der Waals surface area contributed by atoms with Gasteiger partial charge in [0.1, 0.15) is 11.5 Å². The molecular weight excluding hydrogens is 128 g/mol. The number of phenols is 1. The number of rotatable bonds is 2. The Morgan fingerprint density at radius 2 is 2.30 bits per heavy atom. The maximum Gasteiger partial charge on any atom is 0.122 e. The number of hydrogen-bond acceptors (Lipinski definition) is 2. The lowest BCUT2D eigenvalue weighted by atomic mass is 10.3. The van der Waals surface area contributed by atoms with Gasteiger partial charge in [0.15, 0.2) is 0 Å². The predicted molar refractivity (Wildman–Crippen MR) is 39.0 cm³/mol. The van der Waals surface area contributed by atoms with Gasteiger partial charge in [-0.25, -0.2) is 0 Å². The van der Waals surface area contributed by atoms with Gasteiger partial charge in [-0.05, 0) is 19.1 Å². The second kappa shape index (κ2) is 3.11. The topological polar surface area (TPSA) is 29.5 Å². The van der Waals surface area contributed by atoms with Crippen molar-refractivity contribution in [3.05, 3.63) is 31.2 Å². The van der Waals surface area contributed by atoms with E-state index in [1.165, 1.54) is 0 Å². The molecular formula is C8H9O2. The molecule has 0 aromatic heterocycles. The van der Waals surface area contributed by atoms with Gasteiger partial charge >= 0.3 is 0 Å². The first-order chi connectivity index (χ1) is 4.83. The first-order valence-electron chi connectivity index (χ1n) is 3.04. The van der Waals surface area contributed by atoms with E-state index in [0.717, 1.165) is 0 Å². The van der Waals surface area contributed by atoms with Gasteiger partial charge in [-0.1, -0.05) is 6.07 Å². The average molecular weight is 137 g/mol. The Kier molecular flexibility index (Phi) is 2.15. The van der Waals surface area contributed by atoms with E-state index >= 15 is 0 Å². The quantitative estimate of drug-likeness (QED) is 0.671. The molecule has 1 aromatic rings. The molecule has 1 radical (unpaired) electrons. The molecule has 0 fully saturated rings. The maximum absolute atomic E-state index is 8.94. The van der Waals surface area contributed by atoms with Crippen molar-refractivity contribution < 1.29 is 9.84 Å². The molecule has 53 valence electrons. The standard InChI is InChI=1S/C8H9O2/c1-2-10-8-5-3-4-7(9)6-8/h3-6,9H,1-2H2. The third-order valence-electron chi connectivity index (χ3n) is 1.09. The summed E-state index contributed by atoms with van der Waals surface area (Å²) < 4.78 is 5.02. The summed E-state index contributed by atoms with van der Waals surface area (Å²) in [5.41, 5.74) is 0. The molecule has 0 atom stereocenters. The fourth-order valence-electron chi connectivity index (χ4n) is 0.691. The van der Waals surface area contributed by atoms with E-state index in [9.17, 15) is 0 Å². The molecule has 1 N–H and O–H groups in total. The molecule has 0 heterocycles. The molecule has 0 saturated carbocycles. The molecule has 0 saturated heterocycles. The highest BCUT2D eigenvalue weighted by Crippen LogP contribution is 2.16. The van der Waals surface area contributed by atoms with Gasteiger partial charge in [0.25, 0.3) is 0 Å². The van der Waals surface area contributed by atoms with Crippen molar-refractivity contribution >= 4 is 0 Å². The van der Waals surface area contributed by atoms with Crippen molar-refractivity contribution in [1.29, 1.82) is 0 Å². The van der Waals surface area contributed by atoms with Gasteiger partial charge in [-0.3, -0.25) is 0 Å². The first-order valence-corrected chi connectivity index (χ1v) is 3.04. The van der Waals surface area contributed by atoms with Crippen LogP contribution in [0.15, 0.2) is 24.3 Å². The van der Waals surface area contributed by atoms with E-state index in [0.29, 0.717) is 12.4 Å². The van der Waals surface area contributed by atoms with Crippen molar-refractivity contribution in [1.82, 2.24) is 0 Å². The Hall–Kier alpha value is -1.18. The van der Waals surface area contributed by atoms with Crippen molar-refractivity contribution in [2.45, 2.75) is 0 Å². The van der Waals surface area contributed by atoms with Crippen LogP contribution < -0.4 is 4.74 Å². The summed E-state index contributed by atoms with van der Waals surface area (Å²) in [7, 11) is 0. The monoisotopic (exact) mass is 137 g/mol. The molecule has 0 aliphatic heterocycles. The molecule has 10 heavy (non-hydrogen) atoms. The lowest BCUT2D eigenvalue weighted by Gasteiger charge is -2.01. The van der Waals surface area contributed by atoms with E-state index in [4.69, 9.17) is 9.84 Å². The number of hydrogen-bond donors (Lipinski definition) is 1. The van der Waals surface area contributed by atoms with Crippen LogP contribution in [0.5, 0.6) is 11.5 Å². The molecule has 0 aliphatic carbocycles. The zero-order valence-electron chi connectivity index (χ0n) is 5.58. The summed E-state index contributed by atoms with van der Waals surface area (Å²) in [6, 6.07) is 6.63. The summed E-state index contributed by atoms with van der Waals surface area (Å²) in [5.74, 6) is 0.862. The van der Waals surface area contributed by atoms with E-state index in [2.05, 4.69) is 6.92 Å². The summed E-state index contributed by atoms with van der Waals surface area (Å²) in [5, 5.41) is 8.94. The largest absolute Gasteiger partial charge is 0.508 e. The Morgan fingerprint density at radius 1 is 1.50 bits per heavy atom. The highest BCUT2D eigenvalue weighted by Gasteiger charge is 1.90. The predicted octanol–water partition coefficient (Wildman–Crippen LogP) is 1.61. The van der Waals surface area contributed by atoms with Crippen LogP contribution in [0.4, 0.5) is 0 Å². The Morgan fingerprint density at radius 3 is 2.90 bits per heavy atom. The molecule has 0 amide bonds. The van der Waals surface area contributed by atoms with Gasteiger partial charge in [-0.15, -0.1) is 0 Å². The van der Waals surface area contributed by atoms with Crippen molar-refractivity contribution in [2.24, 2.45) is 0 Å². The van der Waals surface area contributed by atoms with Gasteiger partial charge in [0.2, 0.25) is 0 Å². The minimum Gasteiger partial charge on any atom is -0.508 e. The average Bonchev–Trinajstić information content (AvgIpc) is 1.88. The van der Waals surface area contributed by atoms with E-state index in [1.807, 2.05) is 0 Å². The number of aromatic hydroxyl groups is 1. The molecule has 0 bridgehead atoms. The van der Waals surface area contributed by atoms with Crippen LogP contribution in [-0.2, 0) is 0 Å². The summed E-state index contributed by atoms with van der Waals surface area (Å²) in [6.45, 7) is 3.89. The van der Waals surface area contributed by atoms with E-state index < -0.39 is 0 Å². The molecule has 2 heteroatoms. The zero-order chi connectivity index (χ0) is 7.40. The molecule has 1 rings (SSSR count).